The maximum absolute atomic E-state index is 10.4. The molecule has 0 saturated carbocycles. The molecule has 0 radical (unpaired) electrons. The number of benzene rings is 1. The summed E-state index contributed by atoms with van der Waals surface area (Å²) in [4.78, 5) is 11.6. The van der Waals surface area contributed by atoms with Crippen LogP contribution in [0.5, 0.6) is 0 Å². The third-order valence-corrected chi connectivity index (χ3v) is 2.79. The number of thioether (sulfide) groups is 1. The van der Waals surface area contributed by atoms with Crippen LogP contribution in [0.25, 0.3) is 0 Å². The number of hydrogen-bond acceptors (Lipinski definition) is 3. The minimum absolute atomic E-state index is 0.185. The smallest absolute Gasteiger partial charge is 0.331 e. The highest BCUT2D eigenvalue weighted by Gasteiger charge is 2.02. The molecule has 1 aromatic carbocycles. The van der Waals surface area contributed by atoms with Crippen molar-refractivity contribution in [3.8, 4) is 0 Å². The molecule has 3 nitrogen and oxygen atoms in total. The van der Waals surface area contributed by atoms with E-state index in [-0.39, 0.29) is 5.57 Å². The average Bonchev–Trinajstić information content (AvgIpc) is 2.29. The number of carboxylic acid groups (broad SMARTS) is 1. The minimum Gasteiger partial charge on any atom is -0.478 e. The molecule has 0 amide bonds. The van der Waals surface area contributed by atoms with Crippen molar-refractivity contribution in [2.75, 3.05) is 12.5 Å². The van der Waals surface area contributed by atoms with E-state index in [9.17, 15) is 4.79 Å². The van der Waals surface area contributed by atoms with Crippen molar-refractivity contribution < 1.29 is 14.6 Å². The van der Waals surface area contributed by atoms with Crippen molar-refractivity contribution in [1.82, 2.24) is 0 Å². The minimum atomic E-state index is -0.959. The lowest BCUT2D eigenvalue weighted by Crippen LogP contribution is -2.03. The molecular weight excluding hydrogens is 224 g/mol. The summed E-state index contributed by atoms with van der Waals surface area (Å²) in [6, 6.07) is 9.90. The Morgan fingerprint density at radius 3 is 2.69 bits per heavy atom. The molecule has 0 aliphatic carbocycles. The first kappa shape index (κ1) is 12.8. The Kier molecular flexibility index (Phi) is 5.67. The maximum Gasteiger partial charge on any atom is 0.331 e. The normalized spacial score (nSPS) is 10.0. The van der Waals surface area contributed by atoms with Crippen molar-refractivity contribution in [3.63, 3.8) is 0 Å². The second-order valence-electron chi connectivity index (χ2n) is 3.14. The van der Waals surface area contributed by atoms with Crippen LogP contribution in [0.15, 0.2) is 47.4 Å². The van der Waals surface area contributed by atoms with E-state index < -0.39 is 5.97 Å². The highest BCUT2D eigenvalue weighted by Crippen LogP contribution is 2.16. The predicted molar refractivity (Wildman–Crippen MR) is 64.5 cm³/mol. The average molecular weight is 238 g/mol. The fraction of sp³-hybridized carbons (Fsp3) is 0.250. The zero-order valence-corrected chi connectivity index (χ0v) is 9.70. The van der Waals surface area contributed by atoms with Crippen LogP contribution in [0.3, 0.4) is 0 Å². The molecule has 0 bridgehead atoms. The Balaban J connectivity index is 2.09. The topological polar surface area (TPSA) is 46.5 Å². The summed E-state index contributed by atoms with van der Waals surface area (Å²) in [6.45, 7) is 3.82. The van der Waals surface area contributed by atoms with Gasteiger partial charge in [-0.3, -0.25) is 0 Å². The highest BCUT2D eigenvalue weighted by molar-refractivity contribution is 7.99. The fourth-order valence-corrected chi connectivity index (χ4v) is 1.67. The van der Waals surface area contributed by atoms with E-state index in [0.29, 0.717) is 19.0 Å². The summed E-state index contributed by atoms with van der Waals surface area (Å²) >= 11 is 1.58. The number of hydrogen-bond donors (Lipinski definition) is 1. The number of carbonyl (C=O) groups is 1. The Hall–Kier alpha value is -1.26. The van der Waals surface area contributed by atoms with Crippen LogP contribution >= 0.6 is 11.8 Å². The Morgan fingerprint density at radius 2 is 2.06 bits per heavy atom. The third-order valence-electron chi connectivity index (χ3n) is 1.90. The lowest BCUT2D eigenvalue weighted by atomic mass is 10.2. The van der Waals surface area contributed by atoms with Gasteiger partial charge in [0.2, 0.25) is 0 Å². The molecule has 0 saturated heterocycles. The molecule has 0 aliphatic heterocycles. The Labute approximate surface area is 99.1 Å². The van der Waals surface area contributed by atoms with E-state index in [1.165, 1.54) is 0 Å². The van der Waals surface area contributed by atoms with Crippen LogP contribution in [0.1, 0.15) is 6.42 Å². The van der Waals surface area contributed by atoms with Gasteiger partial charge in [0.25, 0.3) is 0 Å². The van der Waals surface area contributed by atoms with Crippen molar-refractivity contribution >= 4 is 17.7 Å². The predicted octanol–water partition coefficient (Wildman–Crippen LogP) is 2.78. The summed E-state index contributed by atoms with van der Waals surface area (Å²) in [5.74, 6) is -0.434. The van der Waals surface area contributed by atoms with Crippen LogP contribution in [0, 0.1) is 0 Å². The highest BCUT2D eigenvalue weighted by atomic mass is 32.2. The molecule has 0 atom stereocenters. The third kappa shape index (κ3) is 5.00. The van der Waals surface area contributed by atoms with Crippen molar-refractivity contribution in [2.24, 2.45) is 0 Å². The number of rotatable bonds is 7. The number of aliphatic carboxylic acids is 1. The first-order valence-corrected chi connectivity index (χ1v) is 5.85. The van der Waals surface area contributed by atoms with E-state index >= 15 is 0 Å². The fourth-order valence-electron chi connectivity index (χ4n) is 0.988. The van der Waals surface area contributed by atoms with E-state index in [1.807, 2.05) is 30.3 Å². The summed E-state index contributed by atoms with van der Waals surface area (Å²) in [5, 5.41) is 8.56. The second kappa shape index (κ2) is 7.09. The van der Waals surface area contributed by atoms with Gasteiger partial charge in [-0.1, -0.05) is 36.5 Å². The van der Waals surface area contributed by atoms with Gasteiger partial charge in [0.1, 0.15) is 0 Å². The van der Waals surface area contributed by atoms with Gasteiger partial charge in [-0.25, -0.2) is 4.79 Å². The summed E-state index contributed by atoms with van der Waals surface area (Å²) < 4.78 is 5.30. The van der Waals surface area contributed by atoms with Crippen molar-refractivity contribution in [2.45, 2.75) is 11.3 Å². The zero-order chi connectivity index (χ0) is 11.8. The van der Waals surface area contributed by atoms with Crippen LogP contribution < -0.4 is 0 Å². The first-order valence-electron chi connectivity index (χ1n) is 4.87. The molecule has 1 N–H and O–H groups in total. The zero-order valence-electron chi connectivity index (χ0n) is 8.89. The summed E-state index contributed by atoms with van der Waals surface area (Å²) in [7, 11) is 0. The SMILES string of the molecule is C=C(CCOCSc1ccccc1)C(=O)O. The van der Waals surface area contributed by atoms with Gasteiger partial charge in [0.05, 0.1) is 12.5 Å². The molecule has 1 rings (SSSR count). The van der Waals surface area contributed by atoms with Gasteiger partial charge >= 0.3 is 5.97 Å². The molecular formula is C12H14O3S. The Bertz CT molecular complexity index is 349. The van der Waals surface area contributed by atoms with Gasteiger partial charge in [0.15, 0.2) is 0 Å². The maximum atomic E-state index is 10.4. The molecule has 0 spiro atoms. The van der Waals surface area contributed by atoms with Gasteiger partial charge in [0, 0.05) is 16.9 Å². The molecule has 86 valence electrons. The number of ether oxygens (including phenoxy) is 1. The summed E-state index contributed by atoms with van der Waals surface area (Å²) in [5.41, 5.74) is 0.185. The van der Waals surface area contributed by atoms with E-state index in [1.54, 1.807) is 11.8 Å². The molecule has 0 aliphatic rings. The molecule has 0 fully saturated rings. The first-order chi connectivity index (χ1) is 7.70. The van der Waals surface area contributed by atoms with Gasteiger partial charge in [-0.05, 0) is 12.1 Å². The quantitative estimate of drug-likeness (QED) is 0.343. The second-order valence-corrected chi connectivity index (χ2v) is 4.14. The van der Waals surface area contributed by atoms with Crippen LogP contribution in [-0.4, -0.2) is 23.6 Å². The molecule has 0 heterocycles. The van der Waals surface area contributed by atoms with Crippen LogP contribution in [0.2, 0.25) is 0 Å². The monoisotopic (exact) mass is 238 g/mol. The van der Waals surface area contributed by atoms with Crippen molar-refractivity contribution in [1.29, 1.82) is 0 Å². The van der Waals surface area contributed by atoms with Crippen molar-refractivity contribution in [3.05, 3.63) is 42.5 Å². The molecule has 0 aromatic heterocycles. The standard InChI is InChI=1S/C12H14O3S/c1-10(12(13)14)7-8-15-9-16-11-5-3-2-4-6-11/h2-6H,1,7-9H2,(H,13,14). The summed E-state index contributed by atoms with van der Waals surface area (Å²) in [6.07, 6.45) is 0.366. The Morgan fingerprint density at radius 1 is 1.38 bits per heavy atom. The molecule has 0 unspecified atom stereocenters. The molecule has 1 aromatic rings. The lowest BCUT2D eigenvalue weighted by molar-refractivity contribution is -0.132. The largest absolute Gasteiger partial charge is 0.478 e. The molecule has 16 heavy (non-hydrogen) atoms. The van der Waals surface area contributed by atoms with E-state index in [2.05, 4.69) is 6.58 Å². The van der Waals surface area contributed by atoms with E-state index in [4.69, 9.17) is 9.84 Å². The molecule has 4 heteroatoms. The van der Waals surface area contributed by atoms with Crippen LogP contribution in [-0.2, 0) is 9.53 Å². The number of carboxylic acids is 1. The van der Waals surface area contributed by atoms with Gasteiger partial charge in [-0.15, -0.1) is 0 Å². The van der Waals surface area contributed by atoms with Gasteiger partial charge < -0.3 is 9.84 Å². The van der Waals surface area contributed by atoms with E-state index in [0.717, 1.165) is 4.90 Å². The van der Waals surface area contributed by atoms with Crippen LogP contribution in [0.4, 0.5) is 0 Å². The van der Waals surface area contributed by atoms with Gasteiger partial charge in [-0.2, -0.15) is 0 Å². The lowest BCUT2D eigenvalue weighted by Gasteiger charge is -2.03.